The summed E-state index contributed by atoms with van der Waals surface area (Å²) in [7, 11) is 0. The minimum Gasteiger partial charge on any atom is -0.348 e. The van der Waals surface area contributed by atoms with Crippen molar-refractivity contribution in [2.45, 2.75) is 38.9 Å². The zero-order chi connectivity index (χ0) is 17.6. The molecule has 5 heteroatoms. The predicted octanol–water partition coefficient (Wildman–Crippen LogP) is 5.27. The maximum absolute atomic E-state index is 13.3. The zero-order valence-electron chi connectivity index (χ0n) is 14.4. The van der Waals surface area contributed by atoms with E-state index in [4.69, 9.17) is 9.47 Å². The largest absolute Gasteiger partial charge is 0.348 e. The molecule has 1 aromatic heterocycles. The third kappa shape index (κ3) is 4.61. The molecule has 0 amide bonds. The van der Waals surface area contributed by atoms with Gasteiger partial charge in [0.25, 0.3) is 0 Å². The quantitative estimate of drug-likeness (QED) is 0.667. The van der Waals surface area contributed by atoms with E-state index in [2.05, 4.69) is 11.9 Å². The van der Waals surface area contributed by atoms with Crippen LogP contribution in [0.1, 0.15) is 44.5 Å². The molecule has 0 aliphatic carbocycles. The van der Waals surface area contributed by atoms with Crippen molar-refractivity contribution in [3.63, 3.8) is 0 Å². The summed E-state index contributed by atoms with van der Waals surface area (Å²) in [6.07, 6.45) is 6.06. The van der Waals surface area contributed by atoms with Crippen LogP contribution < -0.4 is 0 Å². The molecule has 1 aliphatic rings. The predicted molar refractivity (Wildman–Crippen MR) is 91.9 cm³/mol. The summed E-state index contributed by atoms with van der Waals surface area (Å²) in [5.74, 6) is -1.29. The van der Waals surface area contributed by atoms with Crippen molar-refractivity contribution in [2.24, 2.45) is 5.92 Å². The van der Waals surface area contributed by atoms with Gasteiger partial charge in [-0.2, -0.15) is 0 Å². The van der Waals surface area contributed by atoms with Crippen LogP contribution in [-0.2, 0) is 9.47 Å². The van der Waals surface area contributed by atoms with Gasteiger partial charge in [0.15, 0.2) is 17.9 Å². The molecule has 0 unspecified atom stereocenters. The second-order valence-electron chi connectivity index (χ2n) is 6.47. The Labute approximate surface area is 147 Å². The summed E-state index contributed by atoms with van der Waals surface area (Å²) < 4.78 is 38.0. The van der Waals surface area contributed by atoms with E-state index in [0.717, 1.165) is 24.1 Å². The van der Waals surface area contributed by atoms with Crippen molar-refractivity contribution >= 4 is 0 Å². The highest BCUT2D eigenvalue weighted by atomic mass is 19.2. The van der Waals surface area contributed by atoms with Crippen LogP contribution in [-0.4, -0.2) is 18.2 Å². The fourth-order valence-electron chi connectivity index (χ4n) is 2.96. The lowest BCUT2D eigenvalue weighted by Crippen LogP contribution is -2.27. The Morgan fingerprint density at radius 1 is 1.04 bits per heavy atom. The van der Waals surface area contributed by atoms with Crippen LogP contribution >= 0.6 is 0 Å². The summed E-state index contributed by atoms with van der Waals surface area (Å²) in [6, 6.07) is 7.38. The van der Waals surface area contributed by atoms with Crippen molar-refractivity contribution in [3.8, 4) is 11.3 Å². The summed E-state index contributed by atoms with van der Waals surface area (Å²) in [5, 5.41) is 0. The van der Waals surface area contributed by atoms with Gasteiger partial charge in [0.2, 0.25) is 0 Å². The number of halogens is 2. The third-order valence-electron chi connectivity index (χ3n) is 4.46. The van der Waals surface area contributed by atoms with Crippen molar-refractivity contribution in [3.05, 3.63) is 53.7 Å². The molecule has 0 atom stereocenters. The summed E-state index contributed by atoms with van der Waals surface area (Å²) >= 11 is 0. The third-order valence-corrected chi connectivity index (χ3v) is 4.46. The van der Waals surface area contributed by atoms with Crippen molar-refractivity contribution in [1.29, 1.82) is 0 Å². The average Bonchev–Trinajstić information content (AvgIpc) is 2.65. The highest BCUT2D eigenvalue weighted by Crippen LogP contribution is 2.28. The van der Waals surface area contributed by atoms with Gasteiger partial charge >= 0.3 is 0 Å². The first-order valence-corrected chi connectivity index (χ1v) is 8.82. The number of ether oxygens (including phenoxy) is 2. The summed E-state index contributed by atoms with van der Waals surface area (Å²) in [6.45, 7) is 3.58. The lowest BCUT2D eigenvalue weighted by Gasteiger charge is -2.29. The van der Waals surface area contributed by atoms with Gasteiger partial charge in [0, 0.05) is 23.2 Å². The molecule has 25 heavy (non-hydrogen) atoms. The van der Waals surface area contributed by atoms with E-state index in [1.807, 2.05) is 6.07 Å². The number of unbranched alkanes of at least 4 members (excludes halogenated alkanes) is 2. The number of rotatable bonds is 6. The van der Waals surface area contributed by atoms with Gasteiger partial charge in [-0.1, -0.05) is 32.3 Å². The number of aromatic nitrogens is 1. The number of nitrogens with zero attached hydrogens (tertiary/aromatic N) is 1. The fourth-order valence-corrected chi connectivity index (χ4v) is 2.96. The van der Waals surface area contributed by atoms with E-state index in [1.165, 1.54) is 25.3 Å². The van der Waals surface area contributed by atoms with Crippen molar-refractivity contribution in [1.82, 2.24) is 4.98 Å². The molecular weight excluding hydrogens is 324 g/mol. The second-order valence-corrected chi connectivity index (χ2v) is 6.47. The molecule has 1 aliphatic heterocycles. The number of benzene rings is 1. The van der Waals surface area contributed by atoms with Gasteiger partial charge in [-0.25, -0.2) is 8.78 Å². The monoisotopic (exact) mass is 347 g/mol. The van der Waals surface area contributed by atoms with Gasteiger partial charge in [-0.15, -0.1) is 0 Å². The smallest absolute Gasteiger partial charge is 0.185 e. The summed E-state index contributed by atoms with van der Waals surface area (Å²) in [5.41, 5.74) is 1.95. The van der Waals surface area contributed by atoms with Crippen LogP contribution in [0.15, 0.2) is 36.5 Å². The Bertz CT molecular complexity index is 683. The maximum atomic E-state index is 13.3. The SMILES string of the molecule is CCCCC[C@H]1CO[C@H](c2ccc(-c3ccc(F)c(F)c3)nc2)OC1. The Morgan fingerprint density at radius 3 is 2.48 bits per heavy atom. The van der Waals surface area contributed by atoms with Crippen molar-refractivity contribution in [2.75, 3.05) is 13.2 Å². The lowest BCUT2D eigenvalue weighted by atomic mass is 10.0. The first-order valence-electron chi connectivity index (χ1n) is 8.82. The Balaban J connectivity index is 1.59. The van der Waals surface area contributed by atoms with Crippen LogP contribution in [0, 0.1) is 17.6 Å². The van der Waals surface area contributed by atoms with Crippen LogP contribution in [0.5, 0.6) is 0 Å². The molecule has 1 aromatic carbocycles. The Morgan fingerprint density at radius 2 is 1.84 bits per heavy atom. The van der Waals surface area contributed by atoms with Crippen LogP contribution in [0.3, 0.4) is 0 Å². The second kappa shape index (κ2) is 8.50. The van der Waals surface area contributed by atoms with E-state index in [0.29, 0.717) is 30.4 Å². The molecule has 2 aromatic rings. The number of hydrogen-bond donors (Lipinski definition) is 0. The van der Waals surface area contributed by atoms with E-state index in [-0.39, 0.29) is 0 Å². The van der Waals surface area contributed by atoms with E-state index in [1.54, 1.807) is 12.3 Å². The molecular formula is C20H23F2NO2. The molecule has 0 N–H and O–H groups in total. The molecule has 1 fully saturated rings. The molecule has 0 radical (unpaired) electrons. The van der Waals surface area contributed by atoms with Crippen LogP contribution in [0.2, 0.25) is 0 Å². The van der Waals surface area contributed by atoms with Gasteiger partial charge in [0.1, 0.15) is 0 Å². The Hall–Kier alpha value is -1.85. The number of pyridine rings is 1. The fraction of sp³-hybridized carbons (Fsp3) is 0.450. The highest BCUT2D eigenvalue weighted by Gasteiger charge is 2.23. The molecule has 134 valence electrons. The van der Waals surface area contributed by atoms with E-state index >= 15 is 0 Å². The Kier molecular flexibility index (Phi) is 6.10. The van der Waals surface area contributed by atoms with E-state index in [9.17, 15) is 8.78 Å². The topological polar surface area (TPSA) is 31.4 Å². The molecule has 0 spiro atoms. The van der Waals surface area contributed by atoms with E-state index < -0.39 is 17.9 Å². The molecule has 3 rings (SSSR count). The first kappa shape index (κ1) is 18.0. The van der Waals surface area contributed by atoms with Gasteiger partial charge < -0.3 is 9.47 Å². The van der Waals surface area contributed by atoms with Crippen LogP contribution in [0.4, 0.5) is 8.78 Å². The highest BCUT2D eigenvalue weighted by molar-refractivity contribution is 5.59. The molecule has 2 heterocycles. The van der Waals surface area contributed by atoms with Crippen molar-refractivity contribution < 1.29 is 18.3 Å². The molecule has 0 bridgehead atoms. The molecule has 3 nitrogen and oxygen atoms in total. The normalized spacial score (nSPS) is 20.6. The first-order chi connectivity index (χ1) is 12.2. The molecule has 0 saturated carbocycles. The average molecular weight is 347 g/mol. The zero-order valence-corrected chi connectivity index (χ0v) is 14.4. The van der Waals surface area contributed by atoms with Gasteiger partial charge in [-0.3, -0.25) is 4.98 Å². The van der Waals surface area contributed by atoms with Crippen LogP contribution in [0.25, 0.3) is 11.3 Å². The van der Waals surface area contributed by atoms with Gasteiger partial charge in [-0.05, 0) is 30.7 Å². The number of hydrogen-bond acceptors (Lipinski definition) is 3. The summed E-state index contributed by atoms with van der Waals surface area (Å²) in [4.78, 5) is 4.33. The minimum absolute atomic E-state index is 0.408. The lowest BCUT2D eigenvalue weighted by molar-refractivity contribution is -0.206. The standard InChI is InChI=1S/C20H23F2NO2/c1-2-3-4-5-14-12-24-20(25-13-14)16-7-9-19(23-11-16)15-6-8-17(21)18(22)10-15/h6-11,14,20H,2-5,12-13H2,1H3/t14-,20-. The molecule has 1 saturated heterocycles. The van der Waals surface area contributed by atoms with Gasteiger partial charge in [0.05, 0.1) is 18.9 Å². The minimum atomic E-state index is -0.878. The maximum Gasteiger partial charge on any atom is 0.185 e.